The molecule has 0 spiro atoms. The molecule has 0 amide bonds. The molecule has 5 aromatic carbocycles. The fourth-order valence-electron chi connectivity index (χ4n) is 4.97. The highest BCUT2D eigenvalue weighted by Crippen LogP contribution is 2.63. The second kappa shape index (κ2) is 11.4. The van der Waals surface area contributed by atoms with Gasteiger partial charge in [-0.25, -0.2) is 0 Å². The first-order chi connectivity index (χ1) is 18.0. The van der Waals surface area contributed by atoms with Gasteiger partial charge >= 0.3 is 0 Å². The molecule has 0 heterocycles. The van der Waals surface area contributed by atoms with Crippen LogP contribution in [0.5, 0.6) is 0 Å². The molecule has 0 saturated carbocycles. The van der Waals surface area contributed by atoms with Gasteiger partial charge in [-0.05, 0) is 39.9 Å². The maximum Gasteiger partial charge on any atom is 0.0260 e. The van der Waals surface area contributed by atoms with Crippen molar-refractivity contribution in [3.05, 3.63) is 157 Å². The van der Waals surface area contributed by atoms with Gasteiger partial charge in [0.2, 0.25) is 0 Å². The summed E-state index contributed by atoms with van der Waals surface area (Å²) in [6.45, 7) is 2.14. The smallest absolute Gasteiger partial charge is 0.0260 e. The summed E-state index contributed by atoms with van der Waals surface area (Å²) in [6, 6.07) is 47.5. The van der Waals surface area contributed by atoms with Gasteiger partial charge in [0, 0.05) is 17.7 Å². The van der Waals surface area contributed by atoms with E-state index in [9.17, 15) is 0 Å². The Kier molecular flexibility index (Phi) is 8.04. The van der Waals surface area contributed by atoms with Gasteiger partial charge in [-0.2, -0.15) is 0 Å². The Labute approximate surface area is 231 Å². The van der Waals surface area contributed by atoms with E-state index in [-0.39, 0.29) is 5.66 Å². The van der Waals surface area contributed by atoms with Gasteiger partial charge < -0.3 is 0 Å². The maximum absolute atomic E-state index is 6.92. The van der Waals surface area contributed by atoms with Gasteiger partial charge in [-0.1, -0.05) is 175 Å². The molecule has 0 saturated heterocycles. The normalized spacial score (nSPS) is 12.7. The predicted octanol–water partition coefficient (Wildman–Crippen LogP) is 7.30. The van der Waals surface area contributed by atoms with Crippen molar-refractivity contribution in [3.8, 4) is 0 Å². The first kappa shape index (κ1) is 26.0. The van der Waals surface area contributed by atoms with Crippen LogP contribution in [-0.4, -0.2) is 6.16 Å². The first-order valence-corrected chi connectivity index (χ1v) is 18.4. The van der Waals surface area contributed by atoms with Gasteiger partial charge in [-0.3, -0.25) is 0 Å². The van der Waals surface area contributed by atoms with Crippen LogP contribution in [0.4, 0.5) is 0 Å². The molecule has 184 valence electrons. The van der Waals surface area contributed by atoms with Crippen LogP contribution in [0, 0.1) is 6.92 Å². The van der Waals surface area contributed by atoms with E-state index in [4.69, 9.17) is 23.6 Å². The van der Waals surface area contributed by atoms with Crippen LogP contribution in [0.15, 0.2) is 146 Å². The quantitative estimate of drug-likeness (QED) is 0.185. The fraction of sp³-hybridized carbons (Fsp3) is 0.0909. The highest BCUT2D eigenvalue weighted by molar-refractivity contribution is 8.24. The Hall–Kier alpha value is -2.60. The number of hydrogen-bond acceptors (Lipinski definition) is 2. The van der Waals surface area contributed by atoms with Gasteiger partial charge in [0.25, 0.3) is 0 Å². The Morgan fingerprint density at radius 3 is 1.22 bits per heavy atom. The minimum absolute atomic E-state index is 0.0964. The van der Waals surface area contributed by atoms with E-state index in [1.807, 2.05) is 0 Å². The molecule has 0 N–H and O–H groups in total. The third-order valence-corrected chi connectivity index (χ3v) is 17.6. The molecular formula is C33H30P2S2. The molecule has 5 rings (SSSR count). The molecule has 0 radical (unpaired) electrons. The minimum atomic E-state index is -2.31. The summed E-state index contributed by atoms with van der Waals surface area (Å²) in [6.07, 6.45) is 0.834. The summed E-state index contributed by atoms with van der Waals surface area (Å²) in [7, 11) is 0. The standard InChI is InChI=1S/C33H30P2S2/c1-27-22-24-28(25-23-27)33(35(37,31-18-10-4-11-19-31)32-20-12-5-13-21-32)26-34(36,29-14-6-2-7-15-29)30-16-8-3-9-17-30/h2-25,33H,26H2,1H3. The molecule has 0 bridgehead atoms. The van der Waals surface area contributed by atoms with Crippen molar-refractivity contribution in [1.82, 2.24) is 0 Å². The second-order valence-corrected chi connectivity index (χ2v) is 18.8. The van der Waals surface area contributed by atoms with Gasteiger partial charge in [0.1, 0.15) is 0 Å². The fourth-order valence-corrected chi connectivity index (χ4v) is 15.4. The lowest BCUT2D eigenvalue weighted by atomic mass is 10.1. The zero-order chi connectivity index (χ0) is 25.7. The van der Waals surface area contributed by atoms with Crippen molar-refractivity contribution in [2.45, 2.75) is 12.6 Å². The third kappa shape index (κ3) is 5.36. The molecule has 0 aliphatic rings. The molecule has 5 aromatic rings. The highest BCUT2D eigenvalue weighted by atomic mass is 32.4. The Morgan fingerprint density at radius 1 is 0.486 bits per heavy atom. The van der Waals surface area contributed by atoms with Crippen LogP contribution in [0.25, 0.3) is 0 Å². The summed E-state index contributed by atoms with van der Waals surface area (Å²) in [5.74, 6) is 0. The van der Waals surface area contributed by atoms with Gasteiger partial charge in [-0.15, -0.1) is 0 Å². The SMILES string of the molecule is Cc1ccc(C(CP(=S)(c2ccccc2)c2ccccc2)P(=S)(c2ccccc2)c2ccccc2)cc1. The van der Waals surface area contributed by atoms with E-state index in [0.29, 0.717) is 0 Å². The van der Waals surface area contributed by atoms with E-state index in [1.54, 1.807) is 0 Å². The summed E-state index contributed by atoms with van der Waals surface area (Å²) >= 11 is 13.7. The van der Waals surface area contributed by atoms with Crippen molar-refractivity contribution >= 4 is 56.9 Å². The average molecular weight is 553 g/mol. The van der Waals surface area contributed by atoms with Crippen LogP contribution in [0.2, 0.25) is 0 Å². The van der Waals surface area contributed by atoms with Crippen molar-refractivity contribution < 1.29 is 0 Å². The monoisotopic (exact) mass is 552 g/mol. The predicted molar refractivity (Wildman–Crippen MR) is 172 cm³/mol. The first-order valence-electron chi connectivity index (χ1n) is 12.5. The highest BCUT2D eigenvalue weighted by Gasteiger charge is 2.38. The van der Waals surface area contributed by atoms with E-state index in [2.05, 4.69) is 153 Å². The summed E-state index contributed by atoms with van der Waals surface area (Å²) in [5.41, 5.74) is 2.63. The van der Waals surface area contributed by atoms with Crippen molar-refractivity contribution in [1.29, 1.82) is 0 Å². The molecule has 37 heavy (non-hydrogen) atoms. The van der Waals surface area contributed by atoms with E-state index >= 15 is 0 Å². The number of rotatable bonds is 8. The topological polar surface area (TPSA) is 0 Å². The molecule has 0 aliphatic carbocycles. The van der Waals surface area contributed by atoms with Gasteiger partial charge in [0.15, 0.2) is 0 Å². The average Bonchev–Trinajstić information content (AvgIpc) is 2.98. The molecule has 1 atom stereocenters. The molecule has 0 fully saturated rings. The molecule has 1 unspecified atom stereocenters. The molecular weight excluding hydrogens is 522 g/mol. The maximum atomic E-state index is 6.92. The summed E-state index contributed by atoms with van der Waals surface area (Å²) < 4.78 is 0. The zero-order valence-corrected chi connectivity index (χ0v) is 24.3. The van der Waals surface area contributed by atoms with E-state index in [0.717, 1.165) is 6.16 Å². The van der Waals surface area contributed by atoms with Crippen LogP contribution in [-0.2, 0) is 23.6 Å². The van der Waals surface area contributed by atoms with Crippen molar-refractivity contribution in [3.63, 3.8) is 0 Å². The van der Waals surface area contributed by atoms with E-state index in [1.165, 1.54) is 32.3 Å². The zero-order valence-electron chi connectivity index (χ0n) is 20.9. The second-order valence-electron chi connectivity index (χ2n) is 9.35. The Balaban J connectivity index is 1.78. The molecule has 4 heteroatoms. The molecule has 0 nitrogen and oxygen atoms in total. The minimum Gasteiger partial charge on any atom is -0.0876 e. The van der Waals surface area contributed by atoms with Crippen LogP contribution < -0.4 is 21.2 Å². The summed E-state index contributed by atoms with van der Waals surface area (Å²) in [4.78, 5) is 0. The van der Waals surface area contributed by atoms with Crippen molar-refractivity contribution in [2.75, 3.05) is 6.16 Å². The van der Waals surface area contributed by atoms with Crippen LogP contribution in [0.3, 0.4) is 0 Å². The Morgan fingerprint density at radius 2 is 0.838 bits per heavy atom. The third-order valence-electron chi connectivity index (χ3n) is 6.96. The summed E-state index contributed by atoms with van der Waals surface area (Å²) in [5, 5.41) is 4.97. The number of hydrogen-bond donors (Lipinski definition) is 0. The lowest BCUT2D eigenvalue weighted by Crippen LogP contribution is -2.27. The largest absolute Gasteiger partial charge is 0.0876 e. The number of benzene rings is 5. The van der Waals surface area contributed by atoms with Crippen LogP contribution >= 0.6 is 12.1 Å². The molecule has 0 aliphatic heterocycles. The Bertz CT molecular complexity index is 1450. The van der Waals surface area contributed by atoms with Gasteiger partial charge in [0.05, 0.1) is 0 Å². The lowest BCUT2D eigenvalue weighted by molar-refractivity contribution is 1.09. The number of aryl methyl sites for hydroxylation is 1. The van der Waals surface area contributed by atoms with Crippen LogP contribution in [0.1, 0.15) is 16.8 Å². The van der Waals surface area contributed by atoms with Crippen molar-refractivity contribution in [2.24, 2.45) is 0 Å². The molecule has 0 aromatic heterocycles. The van der Waals surface area contributed by atoms with E-state index < -0.39 is 12.1 Å². The lowest BCUT2D eigenvalue weighted by Gasteiger charge is -2.37.